The highest BCUT2D eigenvalue weighted by Gasteiger charge is 2.23. The first-order valence-electron chi connectivity index (χ1n) is 10.9. The molecule has 1 aliphatic rings. The molecule has 0 amide bonds. The van der Waals surface area contributed by atoms with Crippen LogP contribution in [0.15, 0.2) is 29.4 Å². The van der Waals surface area contributed by atoms with Crippen molar-refractivity contribution in [2.75, 3.05) is 42.1 Å². The summed E-state index contributed by atoms with van der Waals surface area (Å²) in [4.78, 5) is 17.3. The molecule has 0 unspecified atom stereocenters. The third-order valence-corrected chi connectivity index (χ3v) is 6.74. The number of sulfonamides is 1. The number of pyridine rings is 1. The second-order valence-electron chi connectivity index (χ2n) is 7.68. The smallest absolute Gasteiger partial charge is 0.242 e. The van der Waals surface area contributed by atoms with Gasteiger partial charge in [-0.25, -0.2) is 13.1 Å². The Morgan fingerprint density at radius 2 is 1.42 bits per heavy atom. The molecule has 0 aliphatic heterocycles. The van der Waals surface area contributed by atoms with Gasteiger partial charge in [-0.2, -0.15) is 15.0 Å². The molecule has 0 bridgehead atoms. The third kappa shape index (κ3) is 7.00. The molecule has 10 nitrogen and oxygen atoms in total. The van der Waals surface area contributed by atoms with Crippen LogP contribution >= 0.6 is 0 Å². The molecule has 0 radical (unpaired) electrons. The number of anilines is 3. The molecule has 3 rings (SSSR count). The van der Waals surface area contributed by atoms with Gasteiger partial charge in [-0.3, -0.25) is 4.98 Å². The molecule has 1 saturated carbocycles. The zero-order valence-electron chi connectivity index (χ0n) is 18.1. The predicted octanol–water partition coefficient (Wildman–Crippen LogP) is 2.33. The van der Waals surface area contributed by atoms with Crippen LogP contribution in [0.1, 0.15) is 39.5 Å². The van der Waals surface area contributed by atoms with E-state index < -0.39 is 10.0 Å². The van der Waals surface area contributed by atoms with E-state index in [1.807, 2.05) is 13.8 Å². The monoisotopic (exact) mass is 448 g/mol. The summed E-state index contributed by atoms with van der Waals surface area (Å²) < 4.78 is 27.4. The van der Waals surface area contributed by atoms with Gasteiger partial charge < -0.3 is 16.0 Å². The molecule has 0 spiro atoms. The highest BCUT2D eigenvalue weighted by atomic mass is 32.2. The average molecular weight is 449 g/mol. The first-order valence-corrected chi connectivity index (χ1v) is 12.4. The topological polar surface area (TPSA) is 134 Å². The van der Waals surface area contributed by atoms with Crippen LogP contribution in [-0.4, -0.2) is 54.5 Å². The molecule has 0 aromatic carbocycles. The Balaban J connectivity index is 1.45. The molecule has 1 fully saturated rings. The van der Waals surface area contributed by atoms with E-state index in [4.69, 9.17) is 0 Å². The van der Waals surface area contributed by atoms with Gasteiger partial charge in [0.25, 0.3) is 0 Å². The highest BCUT2D eigenvalue weighted by molar-refractivity contribution is 7.89. The minimum Gasteiger partial charge on any atom is -0.354 e. The van der Waals surface area contributed by atoms with Crippen LogP contribution in [0.4, 0.5) is 17.8 Å². The van der Waals surface area contributed by atoms with Crippen molar-refractivity contribution in [3.63, 3.8) is 0 Å². The molecule has 31 heavy (non-hydrogen) atoms. The summed E-state index contributed by atoms with van der Waals surface area (Å²) in [5.41, 5.74) is 0. The lowest BCUT2D eigenvalue weighted by atomic mass is 9.82. The Labute approximate surface area is 184 Å². The minimum absolute atomic E-state index is 0.208. The van der Waals surface area contributed by atoms with E-state index in [2.05, 4.69) is 40.6 Å². The molecule has 1 aliphatic carbocycles. The fourth-order valence-electron chi connectivity index (χ4n) is 3.62. The lowest BCUT2D eigenvalue weighted by Gasteiger charge is -2.28. The van der Waals surface area contributed by atoms with Crippen LogP contribution in [0.2, 0.25) is 0 Å². The third-order valence-electron chi connectivity index (χ3n) is 5.33. The van der Waals surface area contributed by atoms with Crippen molar-refractivity contribution in [2.24, 2.45) is 11.8 Å². The number of hydrogen-bond acceptors (Lipinski definition) is 9. The number of nitrogens with zero attached hydrogens (tertiary/aromatic N) is 4. The van der Waals surface area contributed by atoms with Crippen molar-refractivity contribution < 1.29 is 8.42 Å². The molecule has 2 aromatic rings. The summed E-state index contributed by atoms with van der Waals surface area (Å²) in [7, 11) is -3.50. The predicted molar refractivity (Wildman–Crippen MR) is 122 cm³/mol. The van der Waals surface area contributed by atoms with Gasteiger partial charge in [0, 0.05) is 38.6 Å². The van der Waals surface area contributed by atoms with Crippen LogP contribution in [0, 0.1) is 11.8 Å². The number of hydrogen-bond donors (Lipinski definition) is 4. The van der Waals surface area contributed by atoms with E-state index >= 15 is 0 Å². The molecule has 170 valence electrons. The van der Waals surface area contributed by atoms with Crippen molar-refractivity contribution in [2.45, 2.75) is 44.4 Å². The molecule has 4 N–H and O–H groups in total. The van der Waals surface area contributed by atoms with Crippen molar-refractivity contribution in [3.8, 4) is 0 Å². The lowest BCUT2D eigenvalue weighted by Crippen LogP contribution is -2.32. The maximum atomic E-state index is 12.4. The minimum atomic E-state index is -3.50. The van der Waals surface area contributed by atoms with Gasteiger partial charge in [-0.05, 0) is 63.5 Å². The quantitative estimate of drug-likeness (QED) is 0.408. The fraction of sp³-hybridized carbons (Fsp3) is 0.600. The van der Waals surface area contributed by atoms with Crippen LogP contribution in [-0.2, 0) is 10.0 Å². The Kier molecular flexibility index (Phi) is 8.35. The van der Waals surface area contributed by atoms with Gasteiger partial charge in [0.1, 0.15) is 4.90 Å². The summed E-state index contributed by atoms with van der Waals surface area (Å²) in [6.45, 7) is 6.73. The van der Waals surface area contributed by atoms with Crippen molar-refractivity contribution >= 4 is 27.9 Å². The second-order valence-corrected chi connectivity index (χ2v) is 9.44. The van der Waals surface area contributed by atoms with Crippen LogP contribution in [0.25, 0.3) is 0 Å². The number of rotatable bonds is 11. The zero-order valence-corrected chi connectivity index (χ0v) is 19.0. The second kappa shape index (κ2) is 11.2. The van der Waals surface area contributed by atoms with Crippen LogP contribution in [0.3, 0.4) is 0 Å². The van der Waals surface area contributed by atoms with E-state index in [1.165, 1.54) is 6.20 Å². The molecular formula is C20H32N8O2S. The van der Waals surface area contributed by atoms with E-state index in [1.54, 1.807) is 18.3 Å². The van der Waals surface area contributed by atoms with Gasteiger partial charge in [-0.15, -0.1) is 0 Å². The highest BCUT2D eigenvalue weighted by Crippen LogP contribution is 2.29. The number of nitrogens with one attached hydrogen (secondary N) is 4. The van der Waals surface area contributed by atoms with Crippen LogP contribution < -0.4 is 20.7 Å². The SMILES string of the molecule is CCNc1nc(NCC)nc(NCC2CCC(CNS(=O)(=O)c3cccnc3)CC2)n1. The van der Waals surface area contributed by atoms with Crippen molar-refractivity contribution in [3.05, 3.63) is 24.5 Å². The Morgan fingerprint density at radius 1 is 0.871 bits per heavy atom. The molecular weight excluding hydrogens is 416 g/mol. The molecule has 0 atom stereocenters. The number of aromatic nitrogens is 4. The first-order chi connectivity index (χ1) is 15.0. The van der Waals surface area contributed by atoms with E-state index in [-0.39, 0.29) is 4.90 Å². The molecule has 2 aromatic heterocycles. The normalized spacial score (nSPS) is 19.0. The van der Waals surface area contributed by atoms with Crippen molar-refractivity contribution in [1.82, 2.24) is 24.7 Å². The Hall–Kier alpha value is -2.53. The molecule has 11 heteroatoms. The summed E-state index contributed by atoms with van der Waals surface area (Å²) in [5.74, 6) is 2.53. The van der Waals surface area contributed by atoms with Gasteiger partial charge >= 0.3 is 0 Å². The maximum absolute atomic E-state index is 12.4. The fourth-order valence-corrected chi connectivity index (χ4v) is 4.70. The van der Waals surface area contributed by atoms with Gasteiger partial charge in [0.15, 0.2) is 0 Å². The molecule has 0 saturated heterocycles. The average Bonchev–Trinajstić information content (AvgIpc) is 2.78. The largest absolute Gasteiger partial charge is 0.354 e. The summed E-state index contributed by atoms with van der Waals surface area (Å²) >= 11 is 0. The molecule has 2 heterocycles. The van der Waals surface area contributed by atoms with Gasteiger partial charge in [0.2, 0.25) is 27.9 Å². The van der Waals surface area contributed by atoms with Crippen molar-refractivity contribution in [1.29, 1.82) is 0 Å². The van der Waals surface area contributed by atoms with Gasteiger partial charge in [-0.1, -0.05) is 0 Å². The Bertz CT molecular complexity index is 894. The van der Waals surface area contributed by atoms with Crippen LogP contribution in [0.5, 0.6) is 0 Å². The van der Waals surface area contributed by atoms with Gasteiger partial charge in [0.05, 0.1) is 0 Å². The van der Waals surface area contributed by atoms with E-state index in [9.17, 15) is 8.42 Å². The lowest BCUT2D eigenvalue weighted by molar-refractivity contribution is 0.284. The summed E-state index contributed by atoms with van der Waals surface area (Å²) in [5, 5.41) is 9.60. The summed E-state index contributed by atoms with van der Waals surface area (Å²) in [6, 6.07) is 3.18. The van der Waals surface area contributed by atoms with E-state index in [0.29, 0.717) is 36.2 Å². The Morgan fingerprint density at radius 3 is 1.94 bits per heavy atom. The maximum Gasteiger partial charge on any atom is 0.242 e. The van der Waals surface area contributed by atoms with E-state index in [0.717, 1.165) is 45.3 Å². The summed E-state index contributed by atoms with van der Waals surface area (Å²) in [6.07, 6.45) is 6.99. The zero-order chi connectivity index (χ0) is 22.1. The first kappa shape index (κ1) is 23.1. The standard InChI is InChI=1S/C20H32N8O2S/c1-3-22-18-26-19(23-4-2)28-20(27-18)24-12-15-7-9-16(10-8-15)13-25-31(29,30)17-6-5-11-21-14-17/h5-6,11,14-16,25H,3-4,7-10,12-13H2,1-2H3,(H3,22,23,24,26,27,28).